The van der Waals surface area contributed by atoms with Crippen molar-refractivity contribution in [2.24, 2.45) is 5.73 Å². The molecule has 1 atom stereocenters. The van der Waals surface area contributed by atoms with Crippen LogP contribution in [0.15, 0.2) is 24.3 Å². The Kier molecular flexibility index (Phi) is 7.03. The number of ether oxygens (including phenoxy) is 1. The van der Waals surface area contributed by atoms with Crippen LogP contribution in [0.4, 0.5) is 0 Å². The summed E-state index contributed by atoms with van der Waals surface area (Å²) >= 11 is 0. The Balaban J connectivity index is 2.79. The molecule has 0 fully saturated rings. The van der Waals surface area contributed by atoms with Gasteiger partial charge >= 0.3 is 0 Å². The van der Waals surface area contributed by atoms with E-state index < -0.39 is 0 Å². The Morgan fingerprint density at radius 1 is 1.15 bits per heavy atom. The molecule has 0 aliphatic rings. The van der Waals surface area contributed by atoms with Gasteiger partial charge in [-0.25, -0.2) is 0 Å². The molecule has 0 aliphatic carbocycles. The van der Waals surface area contributed by atoms with Gasteiger partial charge in [-0.15, -0.1) is 0 Å². The quantitative estimate of drug-likeness (QED) is 0.703. The predicted molar refractivity (Wildman–Crippen MR) is 86.1 cm³/mol. The van der Waals surface area contributed by atoms with E-state index in [2.05, 4.69) is 37.8 Å². The Hall–Kier alpha value is -1.06. The topological polar surface area (TPSA) is 38.5 Å². The minimum absolute atomic E-state index is 0.309. The van der Waals surface area contributed by atoms with E-state index >= 15 is 0 Å². The molecular formula is C17H30N2O. The molecule has 114 valence electrons. The van der Waals surface area contributed by atoms with Crippen molar-refractivity contribution in [3.05, 3.63) is 29.8 Å². The summed E-state index contributed by atoms with van der Waals surface area (Å²) in [6.07, 6.45) is 3.10. The van der Waals surface area contributed by atoms with Crippen LogP contribution in [-0.2, 0) is 6.42 Å². The summed E-state index contributed by atoms with van der Waals surface area (Å²) in [5, 5.41) is 0. The summed E-state index contributed by atoms with van der Waals surface area (Å²) in [5.74, 6) is 0.929. The van der Waals surface area contributed by atoms with E-state index in [1.807, 2.05) is 19.1 Å². The van der Waals surface area contributed by atoms with Crippen molar-refractivity contribution in [1.82, 2.24) is 4.90 Å². The van der Waals surface area contributed by atoms with Crippen LogP contribution < -0.4 is 10.5 Å². The van der Waals surface area contributed by atoms with Crippen LogP contribution in [0, 0.1) is 0 Å². The van der Waals surface area contributed by atoms with Gasteiger partial charge in [0.1, 0.15) is 5.75 Å². The summed E-state index contributed by atoms with van der Waals surface area (Å²) < 4.78 is 5.56. The highest BCUT2D eigenvalue weighted by Gasteiger charge is 2.26. The normalized spacial score (nSPS) is 14.3. The third-order valence-electron chi connectivity index (χ3n) is 3.48. The first-order valence-corrected chi connectivity index (χ1v) is 7.79. The van der Waals surface area contributed by atoms with E-state index in [1.54, 1.807) is 0 Å². The number of hydrogen-bond acceptors (Lipinski definition) is 3. The van der Waals surface area contributed by atoms with E-state index in [4.69, 9.17) is 10.5 Å². The van der Waals surface area contributed by atoms with E-state index in [1.165, 1.54) is 5.56 Å². The van der Waals surface area contributed by atoms with Gasteiger partial charge in [-0.05, 0) is 57.5 Å². The van der Waals surface area contributed by atoms with Crippen LogP contribution in [0.25, 0.3) is 0 Å². The van der Waals surface area contributed by atoms with Crippen LogP contribution in [0.5, 0.6) is 5.75 Å². The standard InChI is InChI=1S/C17H30N2O/c1-5-11-19(12-6-2)17(4,18)14-15-9-8-10-16(13-15)20-7-3/h8-10,13H,5-7,11-12,14,18H2,1-4H3. The smallest absolute Gasteiger partial charge is 0.119 e. The zero-order chi connectivity index (χ0) is 15.0. The average molecular weight is 278 g/mol. The maximum atomic E-state index is 6.57. The Morgan fingerprint density at radius 2 is 1.80 bits per heavy atom. The SMILES string of the molecule is CCCN(CCC)C(C)(N)Cc1cccc(OCC)c1. The first kappa shape index (κ1) is 17.0. The first-order chi connectivity index (χ1) is 9.53. The van der Waals surface area contributed by atoms with Gasteiger partial charge < -0.3 is 10.5 Å². The van der Waals surface area contributed by atoms with Crippen LogP contribution in [0.2, 0.25) is 0 Å². The lowest BCUT2D eigenvalue weighted by atomic mass is 9.99. The van der Waals surface area contributed by atoms with E-state index in [-0.39, 0.29) is 5.66 Å². The molecule has 3 nitrogen and oxygen atoms in total. The van der Waals surface area contributed by atoms with Gasteiger partial charge in [0.15, 0.2) is 0 Å². The van der Waals surface area contributed by atoms with Gasteiger partial charge in [0, 0.05) is 6.42 Å². The zero-order valence-electron chi connectivity index (χ0n) is 13.5. The molecule has 3 heteroatoms. The highest BCUT2D eigenvalue weighted by Crippen LogP contribution is 2.20. The van der Waals surface area contributed by atoms with E-state index in [9.17, 15) is 0 Å². The second-order valence-corrected chi connectivity index (χ2v) is 5.60. The van der Waals surface area contributed by atoms with Crippen molar-refractivity contribution in [2.75, 3.05) is 19.7 Å². The fourth-order valence-corrected chi connectivity index (χ4v) is 2.60. The van der Waals surface area contributed by atoms with Crippen molar-refractivity contribution in [3.8, 4) is 5.75 Å². The van der Waals surface area contributed by atoms with Crippen molar-refractivity contribution in [3.63, 3.8) is 0 Å². The third-order valence-corrected chi connectivity index (χ3v) is 3.48. The summed E-state index contributed by atoms with van der Waals surface area (Å²) in [5.41, 5.74) is 7.50. The minimum atomic E-state index is -0.309. The van der Waals surface area contributed by atoms with E-state index in [0.29, 0.717) is 6.61 Å². The van der Waals surface area contributed by atoms with Crippen LogP contribution in [0.1, 0.15) is 46.1 Å². The first-order valence-electron chi connectivity index (χ1n) is 7.79. The predicted octanol–water partition coefficient (Wildman–Crippen LogP) is 3.42. The van der Waals surface area contributed by atoms with Gasteiger partial charge in [0.25, 0.3) is 0 Å². The lowest BCUT2D eigenvalue weighted by Gasteiger charge is -2.38. The highest BCUT2D eigenvalue weighted by atomic mass is 16.5. The molecule has 0 heterocycles. The summed E-state index contributed by atoms with van der Waals surface area (Å²) in [6.45, 7) is 11.3. The lowest BCUT2D eigenvalue weighted by Crippen LogP contribution is -2.55. The summed E-state index contributed by atoms with van der Waals surface area (Å²) in [6, 6.07) is 8.27. The molecule has 0 aromatic heterocycles. The average Bonchev–Trinajstić information content (AvgIpc) is 2.39. The van der Waals surface area contributed by atoms with E-state index in [0.717, 1.165) is 38.1 Å². The number of benzene rings is 1. The number of nitrogens with zero attached hydrogens (tertiary/aromatic N) is 1. The summed E-state index contributed by atoms with van der Waals surface area (Å²) in [4.78, 5) is 2.39. The van der Waals surface area contributed by atoms with Gasteiger partial charge in [0.05, 0.1) is 12.3 Å². The fourth-order valence-electron chi connectivity index (χ4n) is 2.60. The monoisotopic (exact) mass is 278 g/mol. The molecule has 20 heavy (non-hydrogen) atoms. The maximum absolute atomic E-state index is 6.57. The molecule has 0 spiro atoms. The van der Waals surface area contributed by atoms with Crippen LogP contribution >= 0.6 is 0 Å². The maximum Gasteiger partial charge on any atom is 0.119 e. The van der Waals surface area contributed by atoms with Gasteiger partial charge in [-0.3, -0.25) is 4.90 Å². The molecule has 0 bridgehead atoms. The van der Waals surface area contributed by atoms with Crippen molar-refractivity contribution in [1.29, 1.82) is 0 Å². The van der Waals surface area contributed by atoms with Crippen molar-refractivity contribution >= 4 is 0 Å². The van der Waals surface area contributed by atoms with Gasteiger partial charge in [0.2, 0.25) is 0 Å². The van der Waals surface area contributed by atoms with Crippen molar-refractivity contribution in [2.45, 2.75) is 52.6 Å². The highest BCUT2D eigenvalue weighted by molar-refractivity contribution is 5.29. The van der Waals surface area contributed by atoms with Crippen molar-refractivity contribution < 1.29 is 4.74 Å². The Bertz CT molecular complexity index is 384. The molecule has 1 rings (SSSR count). The minimum Gasteiger partial charge on any atom is -0.494 e. The second kappa shape index (κ2) is 8.28. The summed E-state index contributed by atoms with van der Waals surface area (Å²) in [7, 11) is 0. The third kappa shape index (κ3) is 5.14. The fraction of sp³-hybridized carbons (Fsp3) is 0.647. The molecule has 1 aromatic rings. The molecule has 0 saturated carbocycles. The number of hydrogen-bond donors (Lipinski definition) is 1. The molecule has 2 N–H and O–H groups in total. The van der Waals surface area contributed by atoms with Crippen LogP contribution in [-0.4, -0.2) is 30.3 Å². The molecule has 1 unspecified atom stereocenters. The lowest BCUT2D eigenvalue weighted by molar-refractivity contribution is 0.108. The Labute approximate surface area is 124 Å². The molecular weight excluding hydrogens is 248 g/mol. The molecule has 1 aromatic carbocycles. The molecule has 0 aliphatic heterocycles. The molecule has 0 radical (unpaired) electrons. The van der Waals surface area contributed by atoms with Crippen LogP contribution in [0.3, 0.4) is 0 Å². The largest absolute Gasteiger partial charge is 0.494 e. The number of rotatable bonds is 9. The molecule has 0 amide bonds. The number of nitrogens with two attached hydrogens (primary N) is 1. The zero-order valence-corrected chi connectivity index (χ0v) is 13.5. The molecule has 0 saturated heterocycles. The van der Waals surface area contributed by atoms with Gasteiger partial charge in [-0.1, -0.05) is 26.0 Å². The second-order valence-electron chi connectivity index (χ2n) is 5.60. The van der Waals surface area contributed by atoms with Gasteiger partial charge in [-0.2, -0.15) is 0 Å². The Morgan fingerprint density at radius 3 is 2.35 bits per heavy atom.